The molecule has 1 amide bonds. The molecule has 1 aromatic heterocycles. The molecule has 4 heteroatoms. The van der Waals surface area contributed by atoms with Gasteiger partial charge >= 0.3 is 0 Å². The lowest BCUT2D eigenvalue weighted by molar-refractivity contribution is -0.119. The highest BCUT2D eigenvalue weighted by molar-refractivity contribution is 5.90. The van der Waals surface area contributed by atoms with Crippen LogP contribution in [0.4, 0.5) is 5.82 Å². The summed E-state index contributed by atoms with van der Waals surface area (Å²) >= 11 is 0. The predicted octanol–water partition coefficient (Wildman–Crippen LogP) is 1.79. The number of nitrogens with one attached hydrogen (secondary N) is 1. The van der Waals surface area contributed by atoms with E-state index in [1.807, 2.05) is 12.1 Å². The Morgan fingerprint density at radius 1 is 1.53 bits per heavy atom. The number of methoxy groups -OCH3 is 1. The van der Waals surface area contributed by atoms with Gasteiger partial charge in [0.2, 0.25) is 0 Å². The van der Waals surface area contributed by atoms with Gasteiger partial charge < -0.3 is 10.1 Å². The van der Waals surface area contributed by atoms with Gasteiger partial charge in [-0.15, -0.1) is 0 Å². The fourth-order valence-electron chi connectivity index (χ4n) is 1.15. The summed E-state index contributed by atoms with van der Waals surface area (Å²) in [5, 5.41) is 2.66. The maximum Gasteiger partial charge on any atom is 0.251 e. The van der Waals surface area contributed by atoms with Gasteiger partial charge in [-0.25, -0.2) is 4.98 Å². The van der Waals surface area contributed by atoms with Crippen LogP contribution < -0.4 is 5.32 Å². The van der Waals surface area contributed by atoms with Crippen LogP contribution in [0.2, 0.25) is 0 Å². The fourth-order valence-corrected chi connectivity index (χ4v) is 1.15. The summed E-state index contributed by atoms with van der Waals surface area (Å²) in [6.45, 7) is 4.17. The smallest absolute Gasteiger partial charge is 0.251 e. The van der Waals surface area contributed by atoms with Gasteiger partial charge in [-0.1, -0.05) is 19.9 Å². The third-order valence-corrected chi connectivity index (χ3v) is 1.91. The summed E-state index contributed by atoms with van der Waals surface area (Å²) in [5.41, 5.74) is 0.963. The number of hydrogen-bond donors (Lipinski definition) is 1. The molecule has 15 heavy (non-hydrogen) atoms. The van der Waals surface area contributed by atoms with Crippen molar-refractivity contribution in [3.8, 4) is 0 Å². The Kier molecular flexibility index (Phi) is 4.24. The summed E-state index contributed by atoms with van der Waals surface area (Å²) in [6, 6.07) is 5.58. The third kappa shape index (κ3) is 3.67. The highest BCUT2D eigenvalue weighted by Gasteiger charge is 2.04. The summed E-state index contributed by atoms with van der Waals surface area (Å²) in [6.07, 6.45) is 0. The number of hydrogen-bond acceptors (Lipinski definition) is 3. The van der Waals surface area contributed by atoms with E-state index in [0.717, 1.165) is 5.69 Å². The van der Waals surface area contributed by atoms with Crippen LogP contribution in [0.1, 0.15) is 25.5 Å². The molecule has 0 saturated heterocycles. The van der Waals surface area contributed by atoms with Crippen LogP contribution in [0.25, 0.3) is 0 Å². The fraction of sp³-hybridized carbons (Fsp3) is 0.455. The SMILES string of the molecule is COCC(=O)Nc1cccc(C(C)C)n1. The summed E-state index contributed by atoms with van der Waals surface area (Å²) in [4.78, 5) is 15.5. The van der Waals surface area contributed by atoms with Crippen LogP contribution >= 0.6 is 0 Å². The van der Waals surface area contributed by atoms with E-state index in [1.165, 1.54) is 7.11 Å². The van der Waals surface area contributed by atoms with Gasteiger partial charge in [-0.05, 0) is 18.1 Å². The number of pyridine rings is 1. The number of carbonyl (C=O) groups is 1. The van der Waals surface area contributed by atoms with Crippen molar-refractivity contribution in [3.63, 3.8) is 0 Å². The minimum absolute atomic E-state index is 0.0492. The maximum absolute atomic E-state index is 11.2. The van der Waals surface area contributed by atoms with E-state index in [9.17, 15) is 4.79 Å². The highest BCUT2D eigenvalue weighted by atomic mass is 16.5. The first-order chi connectivity index (χ1) is 7.13. The van der Waals surface area contributed by atoms with Gasteiger partial charge in [0, 0.05) is 12.8 Å². The Morgan fingerprint density at radius 2 is 2.27 bits per heavy atom. The van der Waals surface area contributed by atoms with E-state index in [0.29, 0.717) is 11.7 Å². The molecule has 0 fully saturated rings. The molecular weight excluding hydrogens is 192 g/mol. The van der Waals surface area contributed by atoms with Gasteiger partial charge in [-0.2, -0.15) is 0 Å². The van der Waals surface area contributed by atoms with Gasteiger partial charge in [0.1, 0.15) is 12.4 Å². The molecule has 0 unspecified atom stereocenters. The first-order valence-electron chi connectivity index (χ1n) is 4.89. The van der Waals surface area contributed by atoms with Gasteiger partial charge in [0.25, 0.3) is 5.91 Å². The number of rotatable bonds is 4. The Morgan fingerprint density at radius 3 is 2.87 bits per heavy atom. The molecule has 82 valence electrons. The second kappa shape index (κ2) is 5.46. The van der Waals surface area contributed by atoms with Crippen molar-refractivity contribution in [3.05, 3.63) is 23.9 Å². The normalized spacial score (nSPS) is 10.4. The van der Waals surface area contributed by atoms with Crippen molar-refractivity contribution < 1.29 is 9.53 Å². The summed E-state index contributed by atoms with van der Waals surface area (Å²) < 4.78 is 4.71. The van der Waals surface area contributed by atoms with Crippen LogP contribution in [0.3, 0.4) is 0 Å². The van der Waals surface area contributed by atoms with Crippen molar-refractivity contribution in [2.45, 2.75) is 19.8 Å². The topological polar surface area (TPSA) is 51.2 Å². The minimum atomic E-state index is -0.189. The van der Waals surface area contributed by atoms with E-state index in [2.05, 4.69) is 24.1 Å². The maximum atomic E-state index is 11.2. The van der Waals surface area contributed by atoms with Crippen LogP contribution in [-0.2, 0) is 9.53 Å². The lowest BCUT2D eigenvalue weighted by Gasteiger charge is -2.07. The van der Waals surface area contributed by atoms with Crippen LogP contribution in [0.5, 0.6) is 0 Å². The van der Waals surface area contributed by atoms with Gasteiger partial charge in [0.15, 0.2) is 0 Å². The molecule has 0 atom stereocenters. The first-order valence-corrected chi connectivity index (χ1v) is 4.89. The second-order valence-corrected chi connectivity index (χ2v) is 3.58. The van der Waals surface area contributed by atoms with Gasteiger partial charge in [0.05, 0.1) is 0 Å². The number of carbonyl (C=O) groups excluding carboxylic acids is 1. The molecule has 0 aromatic carbocycles. The largest absolute Gasteiger partial charge is 0.375 e. The van der Waals surface area contributed by atoms with E-state index >= 15 is 0 Å². The van der Waals surface area contributed by atoms with Crippen LogP contribution in [0.15, 0.2) is 18.2 Å². The molecule has 0 bridgehead atoms. The Hall–Kier alpha value is -1.42. The van der Waals surface area contributed by atoms with Crippen molar-refractivity contribution in [1.29, 1.82) is 0 Å². The van der Waals surface area contributed by atoms with Crippen LogP contribution in [0, 0.1) is 0 Å². The van der Waals surface area contributed by atoms with Crippen molar-refractivity contribution >= 4 is 11.7 Å². The standard InChI is InChI=1S/C11H16N2O2/c1-8(2)9-5-4-6-10(12-9)13-11(14)7-15-3/h4-6,8H,7H2,1-3H3,(H,12,13,14). The first kappa shape index (κ1) is 11.7. The Bertz CT molecular complexity index is 337. The molecule has 0 saturated carbocycles. The lowest BCUT2D eigenvalue weighted by Crippen LogP contribution is -2.18. The zero-order valence-corrected chi connectivity index (χ0v) is 9.28. The number of anilines is 1. The number of nitrogens with zero attached hydrogens (tertiary/aromatic N) is 1. The zero-order chi connectivity index (χ0) is 11.3. The molecule has 0 spiro atoms. The lowest BCUT2D eigenvalue weighted by atomic mass is 10.1. The quantitative estimate of drug-likeness (QED) is 0.820. The van der Waals surface area contributed by atoms with E-state index in [-0.39, 0.29) is 12.5 Å². The molecule has 4 nitrogen and oxygen atoms in total. The molecule has 0 aliphatic heterocycles. The third-order valence-electron chi connectivity index (χ3n) is 1.91. The molecule has 0 aliphatic rings. The number of aromatic nitrogens is 1. The Balaban J connectivity index is 2.69. The van der Waals surface area contributed by atoms with E-state index in [4.69, 9.17) is 4.74 Å². The monoisotopic (exact) mass is 208 g/mol. The molecule has 1 N–H and O–H groups in total. The molecule has 1 heterocycles. The highest BCUT2D eigenvalue weighted by Crippen LogP contribution is 2.13. The Labute approximate surface area is 89.7 Å². The van der Waals surface area contributed by atoms with Gasteiger partial charge in [-0.3, -0.25) is 4.79 Å². The molecule has 0 aliphatic carbocycles. The van der Waals surface area contributed by atoms with Crippen LogP contribution in [-0.4, -0.2) is 24.6 Å². The average molecular weight is 208 g/mol. The molecule has 1 aromatic rings. The molecular formula is C11H16N2O2. The average Bonchev–Trinajstić information content (AvgIpc) is 2.18. The summed E-state index contributed by atoms with van der Waals surface area (Å²) in [7, 11) is 1.48. The van der Waals surface area contributed by atoms with E-state index < -0.39 is 0 Å². The molecule has 0 radical (unpaired) electrons. The number of ether oxygens (including phenoxy) is 1. The van der Waals surface area contributed by atoms with Crippen molar-refractivity contribution in [2.75, 3.05) is 19.0 Å². The zero-order valence-electron chi connectivity index (χ0n) is 9.28. The minimum Gasteiger partial charge on any atom is -0.375 e. The molecule has 1 rings (SSSR count). The number of amides is 1. The van der Waals surface area contributed by atoms with E-state index in [1.54, 1.807) is 6.07 Å². The van der Waals surface area contributed by atoms with Crippen molar-refractivity contribution in [1.82, 2.24) is 4.98 Å². The second-order valence-electron chi connectivity index (χ2n) is 3.58. The van der Waals surface area contributed by atoms with Crippen molar-refractivity contribution in [2.24, 2.45) is 0 Å². The summed E-state index contributed by atoms with van der Waals surface area (Å²) in [5.74, 6) is 0.735. The predicted molar refractivity (Wildman–Crippen MR) is 58.8 cm³/mol.